The lowest BCUT2D eigenvalue weighted by Crippen LogP contribution is -2.06. The number of benzene rings is 2. The summed E-state index contributed by atoms with van der Waals surface area (Å²) in [6.45, 7) is 4.36. The van der Waals surface area contributed by atoms with E-state index in [-0.39, 0.29) is 19.1 Å². The first-order chi connectivity index (χ1) is 16.4. The van der Waals surface area contributed by atoms with Crippen molar-refractivity contribution in [2.45, 2.75) is 32.9 Å². The summed E-state index contributed by atoms with van der Waals surface area (Å²) in [6, 6.07) is 15.4. The van der Waals surface area contributed by atoms with Crippen LogP contribution in [0.5, 0.6) is 5.75 Å². The second-order valence-corrected chi connectivity index (χ2v) is 8.41. The summed E-state index contributed by atoms with van der Waals surface area (Å²) in [6.07, 6.45) is 1.68. The van der Waals surface area contributed by atoms with Crippen molar-refractivity contribution in [2.24, 2.45) is 0 Å². The first-order valence-electron chi connectivity index (χ1n) is 10.9. The number of nitrogens with zero attached hydrogens (tertiary/aromatic N) is 4. The number of carboxylic acid groups (broad SMARTS) is 1. The Morgan fingerprint density at radius 1 is 1.15 bits per heavy atom. The second-order valence-electron chi connectivity index (χ2n) is 8.41. The molecule has 0 bridgehead atoms. The average molecular weight is 457 g/mol. The van der Waals surface area contributed by atoms with E-state index in [0.29, 0.717) is 22.8 Å². The van der Waals surface area contributed by atoms with Crippen LogP contribution >= 0.6 is 0 Å². The minimum absolute atomic E-state index is 0.103. The number of nitrogen functional groups attached to an aromatic ring is 1. The number of aromatic amines is 1. The molecule has 0 aliphatic rings. The number of aliphatic carboxylic acids is 1. The van der Waals surface area contributed by atoms with Crippen LogP contribution in [0.1, 0.15) is 31.1 Å². The quantitative estimate of drug-likeness (QED) is 0.332. The molecule has 4 N–H and O–H groups in total. The molecular weight excluding hydrogens is 432 g/mol. The van der Waals surface area contributed by atoms with Gasteiger partial charge < -0.3 is 15.6 Å². The minimum Gasteiger partial charge on any atom is -0.487 e. The first kappa shape index (κ1) is 21.4. The molecule has 0 amide bonds. The molecule has 3 aromatic heterocycles. The van der Waals surface area contributed by atoms with Crippen LogP contribution in [0.15, 0.2) is 54.7 Å². The maximum absolute atomic E-state index is 11.2. The van der Waals surface area contributed by atoms with Crippen LogP contribution in [0.2, 0.25) is 0 Å². The zero-order valence-electron chi connectivity index (χ0n) is 18.8. The summed E-state index contributed by atoms with van der Waals surface area (Å²) < 4.78 is 8.02. The molecular formula is C25H24N6O3. The Bertz CT molecular complexity index is 1520. The van der Waals surface area contributed by atoms with Gasteiger partial charge in [-0.05, 0) is 43.7 Å². The fourth-order valence-electron chi connectivity index (χ4n) is 4.06. The fraction of sp³-hybridized carbons (Fsp3) is 0.200. The topological polar surface area (TPSA) is 132 Å². The number of nitrogens with one attached hydrogen (secondary N) is 1. The maximum Gasteiger partial charge on any atom is 0.307 e. The van der Waals surface area contributed by atoms with E-state index in [1.165, 1.54) is 0 Å². The van der Waals surface area contributed by atoms with Gasteiger partial charge in [-0.1, -0.05) is 24.3 Å². The highest BCUT2D eigenvalue weighted by atomic mass is 16.5. The van der Waals surface area contributed by atoms with Crippen LogP contribution in [0.4, 0.5) is 5.82 Å². The van der Waals surface area contributed by atoms with Crippen LogP contribution in [0.25, 0.3) is 33.1 Å². The molecule has 0 saturated carbocycles. The van der Waals surface area contributed by atoms with Gasteiger partial charge in [0.15, 0.2) is 11.5 Å². The molecule has 172 valence electrons. The Hall–Kier alpha value is -4.40. The summed E-state index contributed by atoms with van der Waals surface area (Å²) >= 11 is 0. The molecule has 34 heavy (non-hydrogen) atoms. The number of pyridine rings is 1. The summed E-state index contributed by atoms with van der Waals surface area (Å²) in [4.78, 5) is 15.6. The van der Waals surface area contributed by atoms with E-state index in [0.717, 1.165) is 33.1 Å². The molecule has 0 saturated heterocycles. The lowest BCUT2D eigenvalue weighted by molar-refractivity contribution is -0.136. The molecule has 9 nitrogen and oxygen atoms in total. The average Bonchev–Trinajstić information content (AvgIpc) is 3.38. The van der Waals surface area contributed by atoms with Crippen molar-refractivity contribution in [3.8, 4) is 16.9 Å². The number of ether oxygens (including phenoxy) is 1. The highest BCUT2D eigenvalue weighted by Gasteiger charge is 2.16. The number of H-pyrrole nitrogens is 1. The number of para-hydroxylation sites is 1. The molecule has 0 aliphatic heterocycles. The van der Waals surface area contributed by atoms with Crippen LogP contribution < -0.4 is 10.5 Å². The summed E-state index contributed by atoms with van der Waals surface area (Å²) in [5.74, 6) is 0.0459. The molecule has 0 radical (unpaired) electrons. The molecule has 0 fully saturated rings. The van der Waals surface area contributed by atoms with E-state index < -0.39 is 5.97 Å². The second kappa shape index (κ2) is 8.51. The maximum atomic E-state index is 11.2. The minimum atomic E-state index is -0.904. The number of rotatable bonds is 7. The van der Waals surface area contributed by atoms with Gasteiger partial charge in [-0.25, -0.2) is 4.98 Å². The van der Waals surface area contributed by atoms with Gasteiger partial charge in [0.05, 0.1) is 17.3 Å². The number of hydrogen-bond acceptors (Lipinski definition) is 6. The standard InChI is InChI=1S/C25H24N6O3/c1-14(2)31-21-8-7-15(17-10-19-24(26)28-29-25(19)27-12-17)9-18(21)20(30-31)13-34-22-6-4-3-5-16(22)11-23(32)33/h3-10,12,14H,11,13H2,1-2H3,(H,32,33)(H3,26,27,28,29). The fourth-order valence-corrected chi connectivity index (χ4v) is 4.06. The first-order valence-corrected chi connectivity index (χ1v) is 10.9. The van der Waals surface area contributed by atoms with Crippen molar-refractivity contribution in [3.05, 3.63) is 66.0 Å². The van der Waals surface area contributed by atoms with E-state index in [2.05, 4.69) is 35.1 Å². The van der Waals surface area contributed by atoms with Crippen molar-refractivity contribution in [1.82, 2.24) is 25.0 Å². The normalized spacial score (nSPS) is 11.5. The molecule has 9 heteroatoms. The third-order valence-electron chi connectivity index (χ3n) is 5.73. The van der Waals surface area contributed by atoms with Crippen LogP contribution in [0, 0.1) is 0 Å². The van der Waals surface area contributed by atoms with Crippen molar-refractivity contribution >= 4 is 33.7 Å². The van der Waals surface area contributed by atoms with Gasteiger partial charge in [-0.15, -0.1) is 0 Å². The van der Waals surface area contributed by atoms with E-state index in [4.69, 9.17) is 15.6 Å². The highest BCUT2D eigenvalue weighted by Crippen LogP contribution is 2.31. The summed E-state index contributed by atoms with van der Waals surface area (Å²) in [5.41, 5.74) is 10.9. The number of nitrogens with two attached hydrogens (primary N) is 1. The predicted molar refractivity (Wildman–Crippen MR) is 130 cm³/mol. The Morgan fingerprint density at radius 2 is 1.94 bits per heavy atom. The Kier molecular flexibility index (Phi) is 5.37. The van der Waals surface area contributed by atoms with Gasteiger partial charge in [0.1, 0.15) is 18.1 Å². The van der Waals surface area contributed by atoms with Crippen molar-refractivity contribution < 1.29 is 14.6 Å². The zero-order valence-corrected chi connectivity index (χ0v) is 18.8. The van der Waals surface area contributed by atoms with Gasteiger partial charge in [0.25, 0.3) is 0 Å². The van der Waals surface area contributed by atoms with E-state index in [9.17, 15) is 9.90 Å². The number of carboxylic acids is 1. The molecule has 3 heterocycles. The number of fused-ring (bicyclic) bond motifs is 2. The molecule has 5 rings (SSSR count). The Labute approximate surface area is 195 Å². The van der Waals surface area contributed by atoms with Gasteiger partial charge in [0, 0.05) is 28.8 Å². The summed E-state index contributed by atoms with van der Waals surface area (Å²) in [7, 11) is 0. The molecule has 0 unspecified atom stereocenters. The van der Waals surface area contributed by atoms with Crippen molar-refractivity contribution in [2.75, 3.05) is 5.73 Å². The van der Waals surface area contributed by atoms with Gasteiger partial charge >= 0.3 is 5.97 Å². The van der Waals surface area contributed by atoms with E-state index in [1.807, 2.05) is 28.9 Å². The van der Waals surface area contributed by atoms with Crippen molar-refractivity contribution in [3.63, 3.8) is 0 Å². The predicted octanol–water partition coefficient (Wildman–Crippen LogP) is 4.34. The Morgan fingerprint density at radius 3 is 2.74 bits per heavy atom. The largest absolute Gasteiger partial charge is 0.487 e. The molecule has 5 aromatic rings. The molecule has 0 atom stereocenters. The van der Waals surface area contributed by atoms with E-state index in [1.54, 1.807) is 24.4 Å². The van der Waals surface area contributed by atoms with Gasteiger partial charge in [-0.2, -0.15) is 10.2 Å². The lowest BCUT2D eigenvalue weighted by Gasteiger charge is -2.09. The number of aromatic nitrogens is 5. The van der Waals surface area contributed by atoms with Crippen LogP contribution in [-0.2, 0) is 17.8 Å². The molecule has 0 spiro atoms. The Balaban J connectivity index is 1.54. The SMILES string of the molecule is CC(C)n1nc(COc2ccccc2CC(=O)O)c2cc(-c3cnc4[nH]nc(N)c4c3)ccc21. The summed E-state index contributed by atoms with van der Waals surface area (Å²) in [5, 5.41) is 22.6. The number of carbonyl (C=O) groups is 1. The van der Waals surface area contributed by atoms with Gasteiger partial charge in [-0.3, -0.25) is 14.6 Å². The molecule has 0 aliphatic carbocycles. The van der Waals surface area contributed by atoms with Crippen LogP contribution in [-0.4, -0.2) is 36.0 Å². The third-order valence-corrected chi connectivity index (χ3v) is 5.73. The number of hydrogen-bond donors (Lipinski definition) is 3. The van der Waals surface area contributed by atoms with Crippen molar-refractivity contribution in [1.29, 1.82) is 0 Å². The molecule has 2 aromatic carbocycles. The zero-order chi connectivity index (χ0) is 23.8. The number of anilines is 1. The monoisotopic (exact) mass is 456 g/mol. The smallest absolute Gasteiger partial charge is 0.307 e. The van der Waals surface area contributed by atoms with E-state index >= 15 is 0 Å². The van der Waals surface area contributed by atoms with Crippen LogP contribution in [0.3, 0.4) is 0 Å². The third kappa shape index (κ3) is 3.92. The lowest BCUT2D eigenvalue weighted by atomic mass is 10.0. The highest BCUT2D eigenvalue weighted by molar-refractivity contribution is 5.92. The van der Waals surface area contributed by atoms with Gasteiger partial charge in [0.2, 0.25) is 0 Å².